The molecular formula is C12H10BrN3O. The van der Waals surface area contributed by atoms with Gasteiger partial charge in [-0.1, -0.05) is 15.9 Å². The van der Waals surface area contributed by atoms with E-state index in [2.05, 4.69) is 21.2 Å². The van der Waals surface area contributed by atoms with E-state index in [0.717, 1.165) is 4.47 Å². The van der Waals surface area contributed by atoms with Crippen molar-refractivity contribution in [3.63, 3.8) is 0 Å². The number of nitriles is 2. The molecule has 1 N–H and O–H groups in total. The Morgan fingerprint density at radius 2 is 2.18 bits per heavy atom. The number of anilines is 1. The second kappa shape index (κ2) is 6.57. The summed E-state index contributed by atoms with van der Waals surface area (Å²) in [6.07, 6.45) is 1.35. The largest absolute Gasteiger partial charge is 0.492 e. The lowest BCUT2D eigenvalue weighted by molar-refractivity contribution is 0.342. The van der Waals surface area contributed by atoms with E-state index in [1.807, 2.05) is 25.1 Å². The smallest absolute Gasteiger partial charge is 0.145 e. The predicted molar refractivity (Wildman–Crippen MR) is 68.2 cm³/mol. The van der Waals surface area contributed by atoms with E-state index in [1.54, 1.807) is 12.1 Å². The van der Waals surface area contributed by atoms with Crippen molar-refractivity contribution in [2.24, 2.45) is 0 Å². The molecule has 0 atom stereocenters. The monoisotopic (exact) mass is 291 g/mol. The van der Waals surface area contributed by atoms with E-state index in [1.165, 1.54) is 6.20 Å². The van der Waals surface area contributed by atoms with Crippen LogP contribution in [0.1, 0.15) is 6.92 Å². The van der Waals surface area contributed by atoms with Crippen molar-refractivity contribution in [3.8, 4) is 17.9 Å². The third-order valence-electron chi connectivity index (χ3n) is 1.85. The third kappa shape index (κ3) is 3.82. The molecule has 0 saturated heterocycles. The molecule has 17 heavy (non-hydrogen) atoms. The molecule has 5 heteroatoms. The third-order valence-corrected chi connectivity index (χ3v) is 2.35. The van der Waals surface area contributed by atoms with Gasteiger partial charge in [-0.25, -0.2) is 0 Å². The number of nitrogens with one attached hydrogen (secondary N) is 1. The Labute approximate surface area is 108 Å². The Balaban J connectivity index is 2.97. The van der Waals surface area contributed by atoms with Crippen LogP contribution in [0.25, 0.3) is 0 Å². The number of benzene rings is 1. The van der Waals surface area contributed by atoms with Gasteiger partial charge in [0.2, 0.25) is 0 Å². The number of hydrogen-bond donors (Lipinski definition) is 1. The first-order valence-electron chi connectivity index (χ1n) is 4.90. The summed E-state index contributed by atoms with van der Waals surface area (Å²) in [6.45, 7) is 2.43. The van der Waals surface area contributed by atoms with Crippen LogP contribution in [0.2, 0.25) is 0 Å². The van der Waals surface area contributed by atoms with Crippen LogP contribution in [-0.2, 0) is 0 Å². The molecule has 0 heterocycles. The van der Waals surface area contributed by atoms with E-state index in [0.29, 0.717) is 18.0 Å². The van der Waals surface area contributed by atoms with Gasteiger partial charge < -0.3 is 10.1 Å². The second-order valence-corrected chi connectivity index (χ2v) is 3.92. The van der Waals surface area contributed by atoms with Crippen molar-refractivity contribution in [2.45, 2.75) is 6.92 Å². The van der Waals surface area contributed by atoms with Gasteiger partial charge in [-0.15, -0.1) is 0 Å². The highest BCUT2D eigenvalue weighted by Gasteiger charge is 2.03. The number of hydrogen-bond acceptors (Lipinski definition) is 4. The molecule has 0 saturated carbocycles. The summed E-state index contributed by atoms with van der Waals surface area (Å²) in [5.41, 5.74) is 0.705. The SMILES string of the molecule is CCOc1ccc(Br)cc1NC=C(C#N)C#N. The number of ether oxygens (including phenoxy) is 1. The maximum Gasteiger partial charge on any atom is 0.145 e. The molecule has 0 bridgehead atoms. The molecule has 0 radical (unpaired) electrons. The lowest BCUT2D eigenvalue weighted by Crippen LogP contribution is -1.97. The second-order valence-electron chi connectivity index (χ2n) is 3.00. The molecule has 0 unspecified atom stereocenters. The first kappa shape index (κ1) is 13.1. The van der Waals surface area contributed by atoms with Gasteiger partial charge >= 0.3 is 0 Å². The zero-order valence-corrected chi connectivity index (χ0v) is 10.8. The Hall–Kier alpha value is -1.98. The van der Waals surface area contributed by atoms with Gasteiger partial charge in [0.05, 0.1) is 12.3 Å². The van der Waals surface area contributed by atoms with Gasteiger partial charge in [0.25, 0.3) is 0 Å². The highest BCUT2D eigenvalue weighted by Crippen LogP contribution is 2.28. The van der Waals surface area contributed by atoms with Crippen molar-refractivity contribution in [1.82, 2.24) is 0 Å². The molecule has 0 fully saturated rings. The highest BCUT2D eigenvalue weighted by molar-refractivity contribution is 9.10. The molecule has 1 rings (SSSR count). The molecule has 0 aliphatic heterocycles. The molecule has 1 aromatic rings. The van der Waals surface area contributed by atoms with E-state index >= 15 is 0 Å². The predicted octanol–water partition coefficient (Wildman–Crippen LogP) is 3.19. The number of nitrogens with zero attached hydrogens (tertiary/aromatic N) is 2. The molecule has 4 nitrogen and oxygen atoms in total. The highest BCUT2D eigenvalue weighted by atomic mass is 79.9. The van der Waals surface area contributed by atoms with Crippen molar-refractivity contribution in [2.75, 3.05) is 11.9 Å². The van der Waals surface area contributed by atoms with Crippen molar-refractivity contribution in [1.29, 1.82) is 10.5 Å². The van der Waals surface area contributed by atoms with E-state index < -0.39 is 0 Å². The number of allylic oxidation sites excluding steroid dienone is 1. The first-order chi connectivity index (χ1) is 8.21. The summed E-state index contributed by atoms with van der Waals surface area (Å²) < 4.78 is 6.29. The fourth-order valence-electron chi connectivity index (χ4n) is 1.14. The minimum atomic E-state index is 0.00687. The average Bonchev–Trinajstić information content (AvgIpc) is 2.34. The Morgan fingerprint density at radius 1 is 1.47 bits per heavy atom. The van der Waals surface area contributed by atoms with Gasteiger partial charge in [0.15, 0.2) is 0 Å². The maximum absolute atomic E-state index is 8.61. The fraction of sp³-hybridized carbons (Fsp3) is 0.167. The summed E-state index contributed by atoms with van der Waals surface area (Å²) in [7, 11) is 0. The van der Waals surface area contributed by atoms with Gasteiger partial charge in [0.1, 0.15) is 23.5 Å². The first-order valence-corrected chi connectivity index (χ1v) is 5.69. The van der Waals surface area contributed by atoms with E-state index in [9.17, 15) is 0 Å². The Bertz CT molecular complexity index is 495. The molecule has 86 valence electrons. The van der Waals surface area contributed by atoms with Gasteiger partial charge in [-0.05, 0) is 25.1 Å². The molecule has 0 amide bonds. The van der Waals surface area contributed by atoms with Crippen LogP contribution in [0.3, 0.4) is 0 Å². The Kier molecular flexibility index (Phi) is 5.06. The average molecular weight is 292 g/mol. The van der Waals surface area contributed by atoms with Crippen LogP contribution < -0.4 is 10.1 Å². The van der Waals surface area contributed by atoms with Crippen molar-refractivity contribution in [3.05, 3.63) is 34.4 Å². The standard InChI is InChI=1S/C12H10BrN3O/c1-2-17-12-4-3-10(13)5-11(12)16-8-9(6-14)7-15/h3-5,8,16H,2H2,1H3. The molecular weight excluding hydrogens is 282 g/mol. The molecule has 0 aliphatic rings. The molecule has 0 spiro atoms. The number of halogens is 1. The van der Waals surface area contributed by atoms with E-state index in [-0.39, 0.29) is 5.57 Å². The van der Waals surface area contributed by atoms with Crippen LogP contribution >= 0.6 is 15.9 Å². The lowest BCUT2D eigenvalue weighted by atomic mass is 10.3. The van der Waals surface area contributed by atoms with Crippen molar-refractivity contribution >= 4 is 21.6 Å². The molecule has 1 aromatic carbocycles. The van der Waals surface area contributed by atoms with Gasteiger partial charge in [-0.2, -0.15) is 10.5 Å². The zero-order chi connectivity index (χ0) is 12.7. The zero-order valence-electron chi connectivity index (χ0n) is 9.20. The van der Waals surface area contributed by atoms with Crippen LogP contribution in [-0.4, -0.2) is 6.61 Å². The van der Waals surface area contributed by atoms with Gasteiger partial charge in [-0.3, -0.25) is 0 Å². The topological polar surface area (TPSA) is 68.8 Å². The normalized spacial score (nSPS) is 8.71. The van der Waals surface area contributed by atoms with Crippen LogP contribution in [0.15, 0.2) is 34.4 Å². The molecule has 0 aromatic heterocycles. The van der Waals surface area contributed by atoms with Crippen molar-refractivity contribution < 1.29 is 4.74 Å². The summed E-state index contributed by atoms with van der Waals surface area (Å²) >= 11 is 3.34. The maximum atomic E-state index is 8.61. The summed E-state index contributed by atoms with van der Waals surface area (Å²) in [4.78, 5) is 0. The summed E-state index contributed by atoms with van der Waals surface area (Å²) in [5.74, 6) is 0.669. The van der Waals surface area contributed by atoms with Crippen LogP contribution in [0.4, 0.5) is 5.69 Å². The summed E-state index contributed by atoms with van der Waals surface area (Å²) in [6, 6.07) is 9.02. The van der Waals surface area contributed by atoms with Crippen LogP contribution in [0, 0.1) is 22.7 Å². The lowest BCUT2D eigenvalue weighted by Gasteiger charge is -2.10. The summed E-state index contributed by atoms with van der Waals surface area (Å²) in [5, 5.41) is 20.1. The van der Waals surface area contributed by atoms with Crippen LogP contribution in [0.5, 0.6) is 5.75 Å². The quantitative estimate of drug-likeness (QED) is 0.865. The fourth-order valence-corrected chi connectivity index (χ4v) is 1.50. The molecule has 0 aliphatic carbocycles. The minimum Gasteiger partial charge on any atom is -0.492 e. The Morgan fingerprint density at radius 3 is 2.76 bits per heavy atom. The number of rotatable bonds is 4. The van der Waals surface area contributed by atoms with Gasteiger partial charge in [0, 0.05) is 10.7 Å². The minimum absolute atomic E-state index is 0.00687. The van der Waals surface area contributed by atoms with E-state index in [4.69, 9.17) is 15.3 Å².